The summed E-state index contributed by atoms with van der Waals surface area (Å²) in [5, 5.41) is 5.51. The van der Waals surface area contributed by atoms with Crippen molar-refractivity contribution in [3.63, 3.8) is 0 Å². The van der Waals surface area contributed by atoms with E-state index in [2.05, 4.69) is 27.7 Å². The molecule has 0 aliphatic rings. The number of carbonyl (C=O) groups is 1. The molecule has 0 aliphatic carbocycles. The highest BCUT2D eigenvalue weighted by molar-refractivity contribution is 5.90. The van der Waals surface area contributed by atoms with Crippen molar-refractivity contribution < 1.29 is 9.53 Å². The lowest BCUT2D eigenvalue weighted by Gasteiger charge is -2.16. The number of amides is 2. The largest absolute Gasteiger partial charge is 0.486 e. The van der Waals surface area contributed by atoms with Gasteiger partial charge in [-0.1, -0.05) is 29.5 Å². The smallest absolute Gasteiger partial charge is 0.341 e. The van der Waals surface area contributed by atoms with Gasteiger partial charge < -0.3 is 10.1 Å². The van der Waals surface area contributed by atoms with Gasteiger partial charge in [0.25, 0.3) is 0 Å². The highest BCUT2D eigenvalue weighted by Gasteiger charge is 2.11. The third kappa shape index (κ3) is 4.95. The van der Waals surface area contributed by atoms with E-state index in [1.165, 1.54) is 5.56 Å². The van der Waals surface area contributed by atoms with Crippen LogP contribution in [0.2, 0.25) is 0 Å². The number of urea groups is 1. The maximum Gasteiger partial charge on any atom is 0.341 e. The number of aryl methyl sites for hydroxylation is 3. The summed E-state index contributed by atoms with van der Waals surface area (Å²) in [6.07, 6.45) is 1.81. The van der Waals surface area contributed by atoms with Crippen LogP contribution in [-0.2, 0) is 6.61 Å². The summed E-state index contributed by atoms with van der Waals surface area (Å²) in [7, 11) is 0. The lowest BCUT2D eigenvalue weighted by molar-refractivity contribution is 0.251. The van der Waals surface area contributed by atoms with Crippen molar-refractivity contribution in [2.75, 3.05) is 5.32 Å². The zero-order valence-electron chi connectivity index (χ0n) is 16.6. The van der Waals surface area contributed by atoms with Crippen molar-refractivity contribution in [2.45, 2.75) is 27.4 Å². The summed E-state index contributed by atoms with van der Waals surface area (Å²) in [5.74, 6) is 0.580. The molecule has 3 rings (SSSR count). The number of aromatic nitrogens is 1. The van der Waals surface area contributed by atoms with Gasteiger partial charge in [-0.2, -0.15) is 5.53 Å². The topological polar surface area (TPSA) is 99.5 Å². The summed E-state index contributed by atoms with van der Waals surface area (Å²) in [6.45, 7) is 6.36. The normalized spacial score (nSPS) is 10.3. The Morgan fingerprint density at radius 1 is 1.10 bits per heavy atom. The first-order valence-electron chi connectivity index (χ1n) is 9.16. The fourth-order valence-corrected chi connectivity index (χ4v) is 3.00. The number of hydrogen-bond acceptors (Lipinski definition) is 5. The number of benzene rings is 2. The lowest BCUT2D eigenvalue weighted by Crippen LogP contribution is -2.23. The van der Waals surface area contributed by atoms with E-state index in [9.17, 15) is 4.79 Å². The molecule has 2 aromatic carbocycles. The lowest BCUT2D eigenvalue weighted by atomic mass is 10.0. The molecule has 1 heterocycles. The van der Waals surface area contributed by atoms with Gasteiger partial charge in [-0.3, -0.25) is 4.98 Å². The summed E-state index contributed by atoms with van der Waals surface area (Å²) in [4.78, 5) is 16.1. The van der Waals surface area contributed by atoms with E-state index in [0.717, 1.165) is 27.9 Å². The van der Waals surface area contributed by atoms with Crippen LogP contribution in [0.3, 0.4) is 0 Å². The predicted molar refractivity (Wildman–Crippen MR) is 112 cm³/mol. The van der Waals surface area contributed by atoms with E-state index in [1.807, 2.05) is 62.7 Å². The number of pyridine rings is 1. The Balaban J connectivity index is 1.78. The molecule has 0 spiro atoms. The van der Waals surface area contributed by atoms with Gasteiger partial charge in [-0.15, -0.1) is 0 Å². The van der Waals surface area contributed by atoms with Crippen LogP contribution in [0.4, 0.5) is 10.5 Å². The van der Waals surface area contributed by atoms with Gasteiger partial charge in [-0.25, -0.2) is 10.2 Å². The highest BCUT2D eigenvalue weighted by Crippen LogP contribution is 2.30. The molecule has 0 bridgehead atoms. The maximum absolute atomic E-state index is 11.7. The first-order chi connectivity index (χ1) is 14.0. The molecular formula is C22H23N5O2. The van der Waals surface area contributed by atoms with Gasteiger partial charge in [0.15, 0.2) is 0 Å². The van der Waals surface area contributed by atoms with Gasteiger partial charge in [0.05, 0.1) is 11.4 Å². The van der Waals surface area contributed by atoms with Crippen LogP contribution >= 0.6 is 0 Å². The van der Waals surface area contributed by atoms with E-state index in [0.29, 0.717) is 18.0 Å². The number of nitrogens with one attached hydrogen (secondary N) is 3. The molecule has 7 heteroatoms. The molecule has 1 aromatic heterocycles. The first-order valence-corrected chi connectivity index (χ1v) is 9.16. The van der Waals surface area contributed by atoms with E-state index in [4.69, 9.17) is 10.3 Å². The molecule has 0 saturated carbocycles. The van der Waals surface area contributed by atoms with Crippen LogP contribution in [0, 0.1) is 26.3 Å². The molecule has 0 saturated heterocycles. The second-order valence-electron chi connectivity index (χ2n) is 6.78. The monoisotopic (exact) mass is 389 g/mol. The van der Waals surface area contributed by atoms with E-state index >= 15 is 0 Å². The Morgan fingerprint density at radius 3 is 2.66 bits per heavy atom. The number of rotatable bonds is 6. The molecule has 148 valence electrons. The highest BCUT2D eigenvalue weighted by atomic mass is 16.5. The molecule has 3 N–H and O–H groups in total. The van der Waals surface area contributed by atoms with Crippen molar-refractivity contribution in [1.82, 2.24) is 10.4 Å². The van der Waals surface area contributed by atoms with Crippen LogP contribution < -0.4 is 15.5 Å². The predicted octanol–water partition coefficient (Wildman–Crippen LogP) is 5.32. The molecule has 0 aliphatic heterocycles. The Morgan fingerprint density at radius 2 is 1.93 bits per heavy atom. The zero-order chi connectivity index (χ0) is 20.8. The minimum absolute atomic E-state index is 0.358. The van der Waals surface area contributed by atoms with Crippen LogP contribution in [-0.4, -0.2) is 11.0 Å². The number of nitrogens with zero attached hydrogens (tertiary/aromatic N) is 2. The van der Waals surface area contributed by atoms with Crippen LogP contribution in [0.15, 0.2) is 60.0 Å². The van der Waals surface area contributed by atoms with Crippen LogP contribution in [0.25, 0.3) is 11.3 Å². The quantitative estimate of drug-likeness (QED) is 0.393. The van der Waals surface area contributed by atoms with Gasteiger partial charge >= 0.3 is 6.03 Å². The SMILES string of the molecule is Cc1ccnc(-c2ccc(COc3c(C)cccc3NC(=O)NN=N)c(C)c2)c1. The second-order valence-corrected chi connectivity index (χ2v) is 6.78. The molecule has 3 aromatic rings. The minimum atomic E-state index is -0.596. The van der Waals surface area contributed by atoms with E-state index in [-0.39, 0.29) is 0 Å². The third-order valence-electron chi connectivity index (χ3n) is 4.54. The molecule has 0 unspecified atom stereocenters. The van der Waals surface area contributed by atoms with E-state index < -0.39 is 6.03 Å². The Kier molecular flexibility index (Phi) is 6.19. The number of para-hydroxylation sites is 1. The maximum atomic E-state index is 11.7. The molecule has 2 amide bonds. The molecule has 29 heavy (non-hydrogen) atoms. The van der Waals surface area contributed by atoms with Crippen molar-refractivity contribution in [1.29, 1.82) is 5.53 Å². The average molecular weight is 389 g/mol. The molecule has 0 fully saturated rings. The van der Waals surface area contributed by atoms with Gasteiger partial charge in [0, 0.05) is 11.8 Å². The Bertz CT molecular complexity index is 1050. The Hall–Kier alpha value is -3.74. The van der Waals surface area contributed by atoms with Crippen molar-refractivity contribution in [3.05, 3.63) is 77.0 Å². The summed E-state index contributed by atoms with van der Waals surface area (Å²) in [5.41, 5.74) is 15.5. The summed E-state index contributed by atoms with van der Waals surface area (Å²) < 4.78 is 6.04. The van der Waals surface area contributed by atoms with Gasteiger partial charge in [-0.05, 0) is 67.3 Å². The first kappa shape index (κ1) is 20.0. The molecule has 0 atom stereocenters. The average Bonchev–Trinajstić information content (AvgIpc) is 2.68. The number of anilines is 1. The third-order valence-corrected chi connectivity index (χ3v) is 4.54. The fraction of sp³-hybridized carbons (Fsp3) is 0.182. The van der Waals surface area contributed by atoms with Crippen molar-refractivity contribution in [2.24, 2.45) is 5.22 Å². The number of carbonyl (C=O) groups excluding carboxylic acids is 1. The van der Waals surface area contributed by atoms with Crippen molar-refractivity contribution in [3.8, 4) is 17.0 Å². The standard InChI is InChI=1S/C22H23N5O2/c1-14-9-10-24-20(11-14)17-7-8-18(16(3)12-17)13-29-21-15(2)5-4-6-19(21)25-22(28)26-27-23/h4-12H,13H2,1-3H3,(H3,23,25,26,28). The Labute approximate surface area is 169 Å². The van der Waals surface area contributed by atoms with Crippen LogP contribution in [0.1, 0.15) is 22.3 Å². The zero-order valence-corrected chi connectivity index (χ0v) is 16.6. The van der Waals surface area contributed by atoms with Crippen LogP contribution in [0.5, 0.6) is 5.75 Å². The van der Waals surface area contributed by atoms with Crippen molar-refractivity contribution >= 4 is 11.7 Å². The second kappa shape index (κ2) is 8.97. The van der Waals surface area contributed by atoms with Gasteiger partial charge in [0.2, 0.25) is 0 Å². The molecular weight excluding hydrogens is 366 g/mol. The van der Waals surface area contributed by atoms with E-state index in [1.54, 1.807) is 6.07 Å². The summed E-state index contributed by atoms with van der Waals surface area (Å²) in [6, 6.07) is 15.1. The molecule has 7 nitrogen and oxygen atoms in total. The number of ether oxygens (including phenoxy) is 1. The van der Waals surface area contributed by atoms with Gasteiger partial charge in [0.1, 0.15) is 12.4 Å². The fourth-order valence-electron chi connectivity index (χ4n) is 3.00. The minimum Gasteiger partial charge on any atom is -0.486 e. The summed E-state index contributed by atoms with van der Waals surface area (Å²) >= 11 is 0. The molecule has 0 radical (unpaired) electrons. The number of hydrogen-bond donors (Lipinski definition) is 3.